The van der Waals surface area contributed by atoms with Crippen LogP contribution in [0.1, 0.15) is 51.9 Å². The van der Waals surface area contributed by atoms with Gasteiger partial charge in [0.05, 0.1) is 0 Å². The summed E-state index contributed by atoms with van der Waals surface area (Å²) in [5, 5.41) is 3.84. The molecule has 0 aromatic carbocycles. The van der Waals surface area contributed by atoms with E-state index in [1.54, 1.807) is 0 Å². The maximum Gasteiger partial charge on any atom is 0.00799 e. The largest absolute Gasteiger partial charge is 0.313 e. The van der Waals surface area contributed by atoms with E-state index >= 15 is 0 Å². The zero-order valence-corrected chi connectivity index (χ0v) is 11.1. The average Bonchev–Trinajstić information content (AvgIpc) is 3.03. The highest BCUT2D eigenvalue weighted by Crippen LogP contribution is 2.49. The third-order valence-electron chi connectivity index (χ3n) is 4.45. The van der Waals surface area contributed by atoms with Crippen LogP contribution in [0, 0.1) is 5.41 Å². The summed E-state index contributed by atoms with van der Waals surface area (Å²) in [6, 6.07) is 0.791. The topological polar surface area (TPSA) is 15.3 Å². The first kappa shape index (κ1) is 12.4. The highest BCUT2D eigenvalue weighted by atomic mass is 15.1. The second-order valence-electron chi connectivity index (χ2n) is 6.06. The Morgan fingerprint density at radius 1 is 1.25 bits per heavy atom. The Morgan fingerprint density at radius 2 is 2.06 bits per heavy atom. The molecule has 94 valence electrons. The van der Waals surface area contributed by atoms with Gasteiger partial charge in [-0.25, -0.2) is 0 Å². The Kier molecular flexibility index (Phi) is 4.26. The first-order chi connectivity index (χ1) is 7.74. The van der Waals surface area contributed by atoms with Crippen molar-refractivity contribution in [1.29, 1.82) is 0 Å². The third kappa shape index (κ3) is 3.46. The molecule has 0 radical (unpaired) electrons. The van der Waals surface area contributed by atoms with Gasteiger partial charge in [0.25, 0.3) is 0 Å². The molecule has 16 heavy (non-hydrogen) atoms. The van der Waals surface area contributed by atoms with Gasteiger partial charge in [0.1, 0.15) is 0 Å². The monoisotopic (exact) mass is 224 g/mol. The van der Waals surface area contributed by atoms with Crippen molar-refractivity contribution in [3.8, 4) is 0 Å². The van der Waals surface area contributed by atoms with Gasteiger partial charge in [-0.05, 0) is 64.1 Å². The van der Waals surface area contributed by atoms with Crippen molar-refractivity contribution in [2.24, 2.45) is 5.41 Å². The second kappa shape index (κ2) is 5.50. The van der Waals surface area contributed by atoms with Crippen LogP contribution in [0.2, 0.25) is 0 Å². The van der Waals surface area contributed by atoms with Crippen LogP contribution >= 0.6 is 0 Å². The fourth-order valence-electron chi connectivity index (χ4n) is 3.03. The van der Waals surface area contributed by atoms with Crippen LogP contribution in [0.5, 0.6) is 0 Å². The van der Waals surface area contributed by atoms with Crippen molar-refractivity contribution in [2.45, 2.75) is 57.9 Å². The Labute approximate surface area is 101 Å². The van der Waals surface area contributed by atoms with Crippen LogP contribution in [0.3, 0.4) is 0 Å². The van der Waals surface area contributed by atoms with Crippen molar-refractivity contribution in [1.82, 2.24) is 10.2 Å². The summed E-state index contributed by atoms with van der Waals surface area (Å²) in [7, 11) is 2.25. The number of hydrogen-bond donors (Lipinski definition) is 1. The lowest BCUT2D eigenvalue weighted by Crippen LogP contribution is -2.34. The van der Waals surface area contributed by atoms with Gasteiger partial charge in [-0.1, -0.05) is 13.3 Å². The van der Waals surface area contributed by atoms with E-state index in [1.165, 1.54) is 64.6 Å². The number of nitrogens with one attached hydrogen (secondary N) is 1. The van der Waals surface area contributed by atoms with Gasteiger partial charge in [0, 0.05) is 12.6 Å². The van der Waals surface area contributed by atoms with Crippen LogP contribution in [-0.4, -0.2) is 37.6 Å². The summed E-state index contributed by atoms with van der Waals surface area (Å²) >= 11 is 0. The van der Waals surface area contributed by atoms with Gasteiger partial charge in [-0.3, -0.25) is 0 Å². The van der Waals surface area contributed by atoms with Gasteiger partial charge < -0.3 is 10.2 Å². The van der Waals surface area contributed by atoms with Gasteiger partial charge >= 0.3 is 0 Å². The molecule has 2 nitrogen and oxygen atoms in total. The normalized spacial score (nSPS) is 30.0. The Bertz CT molecular complexity index is 211. The molecule has 0 aromatic rings. The van der Waals surface area contributed by atoms with Gasteiger partial charge in [0.15, 0.2) is 0 Å². The summed E-state index contributed by atoms with van der Waals surface area (Å²) in [5.74, 6) is 0. The van der Waals surface area contributed by atoms with Crippen molar-refractivity contribution < 1.29 is 0 Å². The number of hydrogen-bond acceptors (Lipinski definition) is 2. The van der Waals surface area contributed by atoms with Gasteiger partial charge in [0.2, 0.25) is 0 Å². The quantitative estimate of drug-likeness (QED) is 0.772. The Morgan fingerprint density at radius 3 is 2.75 bits per heavy atom. The van der Waals surface area contributed by atoms with E-state index in [0.717, 1.165) is 6.04 Å². The molecule has 1 unspecified atom stereocenters. The summed E-state index contributed by atoms with van der Waals surface area (Å²) in [6.07, 6.45) is 9.84. The molecule has 2 fully saturated rings. The number of nitrogens with zero attached hydrogens (tertiary/aromatic N) is 1. The van der Waals surface area contributed by atoms with Crippen LogP contribution in [-0.2, 0) is 0 Å². The summed E-state index contributed by atoms with van der Waals surface area (Å²) in [6.45, 7) is 6.17. The van der Waals surface area contributed by atoms with Crippen molar-refractivity contribution in [3.63, 3.8) is 0 Å². The van der Waals surface area contributed by atoms with Crippen molar-refractivity contribution in [3.05, 3.63) is 0 Å². The van der Waals surface area contributed by atoms with Crippen LogP contribution < -0.4 is 5.32 Å². The molecule has 1 saturated heterocycles. The van der Waals surface area contributed by atoms with Crippen LogP contribution in [0.15, 0.2) is 0 Å². The fraction of sp³-hybridized carbons (Fsp3) is 1.00. The molecule has 0 amide bonds. The first-order valence-electron chi connectivity index (χ1n) is 7.16. The highest BCUT2D eigenvalue weighted by molar-refractivity contribution is 4.95. The van der Waals surface area contributed by atoms with Gasteiger partial charge in [-0.2, -0.15) is 0 Å². The zero-order valence-electron chi connectivity index (χ0n) is 11.1. The van der Waals surface area contributed by atoms with E-state index in [1.807, 2.05) is 0 Å². The van der Waals surface area contributed by atoms with Crippen molar-refractivity contribution >= 4 is 0 Å². The summed E-state index contributed by atoms with van der Waals surface area (Å²) < 4.78 is 0. The van der Waals surface area contributed by atoms with E-state index in [4.69, 9.17) is 0 Å². The molecular weight excluding hydrogens is 196 g/mol. The summed E-state index contributed by atoms with van der Waals surface area (Å²) in [5.41, 5.74) is 0.715. The Balaban J connectivity index is 1.69. The van der Waals surface area contributed by atoms with E-state index < -0.39 is 0 Å². The standard InChI is InChI=1S/C14H28N2/c1-3-7-14(8-9-14)12-15-13-5-4-10-16(2)11-6-13/h13,15H,3-12H2,1-2H3. The maximum absolute atomic E-state index is 3.84. The molecule has 2 rings (SSSR count). The molecule has 1 saturated carbocycles. The predicted molar refractivity (Wildman–Crippen MR) is 69.7 cm³/mol. The predicted octanol–water partition coefficient (Wildman–Crippen LogP) is 2.64. The molecule has 1 aliphatic heterocycles. The Hall–Kier alpha value is -0.0800. The number of likely N-dealkylation sites (tertiary alicyclic amines) is 1. The molecule has 2 heteroatoms. The number of rotatable bonds is 5. The lowest BCUT2D eigenvalue weighted by atomic mass is 9.99. The van der Waals surface area contributed by atoms with Gasteiger partial charge in [-0.15, -0.1) is 0 Å². The lowest BCUT2D eigenvalue weighted by Gasteiger charge is -2.21. The molecule has 1 N–H and O–H groups in total. The fourth-order valence-corrected chi connectivity index (χ4v) is 3.03. The van der Waals surface area contributed by atoms with E-state index in [2.05, 4.69) is 24.2 Å². The average molecular weight is 224 g/mol. The van der Waals surface area contributed by atoms with E-state index in [-0.39, 0.29) is 0 Å². The second-order valence-corrected chi connectivity index (χ2v) is 6.06. The maximum atomic E-state index is 3.84. The van der Waals surface area contributed by atoms with Crippen molar-refractivity contribution in [2.75, 3.05) is 26.7 Å². The first-order valence-corrected chi connectivity index (χ1v) is 7.16. The molecule has 0 bridgehead atoms. The van der Waals surface area contributed by atoms with E-state index in [9.17, 15) is 0 Å². The van der Waals surface area contributed by atoms with E-state index in [0.29, 0.717) is 5.41 Å². The molecule has 1 heterocycles. The smallest absolute Gasteiger partial charge is 0.00799 e. The molecule has 1 aliphatic carbocycles. The van der Waals surface area contributed by atoms with Crippen LogP contribution in [0.25, 0.3) is 0 Å². The zero-order chi connectivity index (χ0) is 11.4. The molecule has 0 spiro atoms. The molecular formula is C14H28N2. The highest BCUT2D eigenvalue weighted by Gasteiger charge is 2.41. The third-order valence-corrected chi connectivity index (χ3v) is 4.45. The minimum Gasteiger partial charge on any atom is -0.313 e. The SMILES string of the molecule is CCCC1(CNC2CCCN(C)CC2)CC1. The molecule has 2 aliphatic rings. The molecule has 0 aromatic heterocycles. The minimum atomic E-state index is 0.715. The van der Waals surface area contributed by atoms with Crippen LogP contribution in [0.4, 0.5) is 0 Å². The lowest BCUT2D eigenvalue weighted by molar-refractivity contribution is 0.335. The minimum absolute atomic E-state index is 0.715. The summed E-state index contributed by atoms with van der Waals surface area (Å²) in [4.78, 5) is 2.47. The molecule has 1 atom stereocenters.